The lowest BCUT2D eigenvalue weighted by Crippen LogP contribution is -2.05. The predicted molar refractivity (Wildman–Crippen MR) is 74.7 cm³/mol. The predicted octanol–water partition coefficient (Wildman–Crippen LogP) is 2.77. The topological polar surface area (TPSA) is 57.4 Å². The molecule has 2 N–H and O–H groups in total. The monoisotopic (exact) mass is 258 g/mol. The third kappa shape index (κ3) is 3.45. The number of ether oxygens (including phenoxy) is 2. The molecule has 4 nitrogen and oxygen atoms in total. The SMILES string of the molecule is CCOc1ccccc1Oc1ncccc1CCN. The normalized spacial score (nSPS) is 10.2. The van der Waals surface area contributed by atoms with Crippen LogP contribution in [0.5, 0.6) is 17.4 Å². The molecular weight excluding hydrogens is 240 g/mol. The van der Waals surface area contributed by atoms with Crippen LogP contribution in [0.4, 0.5) is 0 Å². The lowest BCUT2D eigenvalue weighted by Gasteiger charge is -2.12. The third-order valence-electron chi connectivity index (χ3n) is 2.62. The van der Waals surface area contributed by atoms with E-state index in [1.54, 1.807) is 6.20 Å². The molecule has 0 saturated carbocycles. The lowest BCUT2D eigenvalue weighted by atomic mass is 10.2. The first kappa shape index (κ1) is 13.4. The van der Waals surface area contributed by atoms with Gasteiger partial charge < -0.3 is 15.2 Å². The number of nitrogens with zero attached hydrogens (tertiary/aromatic N) is 1. The molecule has 1 aromatic carbocycles. The summed E-state index contributed by atoms with van der Waals surface area (Å²) in [5.41, 5.74) is 6.59. The van der Waals surface area contributed by atoms with Crippen molar-refractivity contribution in [3.8, 4) is 17.4 Å². The number of para-hydroxylation sites is 2. The summed E-state index contributed by atoms with van der Waals surface area (Å²) in [5.74, 6) is 1.97. The smallest absolute Gasteiger partial charge is 0.222 e. The molecule has 19 heavy (non-hydrogen) atoms. The van der Waals surface area contributed by atoms with Crippen molar-refractivity contribution in [3.05, 3.63) is 48.2 Å². The molecular formula is C15H18N2O2. The molecule has 0 bridgehead atoms. The minimum absolute atomic E-state index is 0.565. The van der Waals surface area contributed by atoms with Crippen LogP contribution < -0.4 is 15.2 Å². The molecule has 0 unspecified atom stereocenters. The van der Waals surface area contributed by atoms with Crippen LogP contribution in [-0.2, 0) is 6.42 Å². The van der Waals surface area contributed by atoms with Gasteiger partial charge in [-0.1, -0.05) is 18.2 Å². The first-order valence-electron chi connectivity index (χ1n) is 6.38. The van der Waals surface area contributed by atoms with E-state index in [1.807, 2.05) is 43.3 Å². The second-order valence-electron chi connectivity index (χ2n) is 3.99. The van der Waals surface area contributed by atoms with Crippen molar-refractivity contribution in [2.24, 2.45) is 5.73 Å². The van der Waals surface area contributed by atoms with E-state index in [-0.39, 0.29) is 0 Å². The minimum atomic E-state index is 0.565. The zero-order chi connectivity index (χ0) is 13.5. The van der Waals surface area contributed by atoms with Gasteiger partial charge in [0.1, 0.15) is 0 Å². The van der Waals surface area contributed by atoms with Crippen molar-refractivity contribution < 1.29 is 9.47 Å². The van der Waals surface area contributed by atoms with E-state index in [2.05, 4.69) is 4.98 Å². The fourth-order valence-corrected chi connectivity index (χ4v) is 1.78. The van der Waals surface area contributed by atoms with E-state index in [0.29, 0.717) is 30.5 Å². The summed E-state index contributed by atoms with van der Waals surface area (Å²) >= 11 is 0. The van der Waals surface area contributed by atoms with Crippen LogP contribution in [0.25, 0.3) is 0 Å². The maximum absolute atomic E-state index is 5.85. The Morgan fingerprint density at radius 3 is 2.63 bits per heavy atom. The third-order valence-corrected chi connectivity index (χ3v) is 2.62. The first-order valence-corrected chi connectivity index (χ1v) is 6.38. The molecule has 0 amide bonds. The number of hydrogen-bond donors (Lipinski definition) is 1. The van der Waals surface area contributed by atoms with Crippen molar-refractivity contribution >= 4 is 0 Å². The van der Waals surface area contributed by atoms with Crippen molar-refractivity contribution in [3.63, 3.8) is 0 Å². The van der Waals surface area contributed by atoms with Gasteiger partial charge in [-0.3, -0.25) is 0 Å². The molecule has 0 aliphatic heterocycles. The van der Waals surface area contributed by atoms with Crippen molar-refractivity contribution in [1.29, 1.82) is 0 Å². The zero-order valence-corrected chi connectivity index (χ0v) is 11.0. The second-order valence-corrected chi connectivity index (χ2v) is 3.99. The van der Waals surface area contributed by atoms with Crippen LogP contribution >= 0.6 is 0 Å². The Bertz CT molecular complexity index is 482. The summed E-state index contributed by atoms with van der Waals surface area (Å²) < 4.78 is 11.4. The van der Waals surface area contributed by atoms with Gasteiger partial charge in [-0.25, -0.2) is 4.98 Å². The van der Waals surface area contributed by atoms with E-state index in [1.165, 1.54) is 0 Å². The van der Waals surface area contributed by atoms with Gasteiger partial charge >= 0.3 is 0 Å². The number of aromatic nitrogens is 1. The van der Waals surface area contributed by atoms with Gasteiger partial charge in [0.05, 0.1) is 6.61 Å². The van der Waals surface area contributed by atoms with E-state index in [4.69, 9.17) is 15.2 Å². The highest BCUT2D eigenvalue weighted by atomic mass is 16.5. The summed E-state index contributed by atoms with van der Waals surface area (Å²) in [7, 11) is 0. The van der Waals surface area contributed by atoms with Crippen molar-refractivity contribution in [2.45, 2.75) is 13.3 Å². The molecule has 0 fully saturated rings. The van der Waals surface area contributed by atoms with Gasteiger partial charge in [-0.15, -0.1) is 0 Å². The molecule has 0 aliphatic carbocycles. The fraction of sp³-hybridized carbons (Fsp3) is 0.267. The summed E-state index contributed by atoms with van der Waals surface area (Å²) in [6.07, 6.45) is 2.44. The second kappa shape index (κ2) is 6.75. The Morgan fingerprint density at radius 2 is 1.89 bits per heavy atom. The Labute approximate surface area is 113 Å². The molecule has 100 valence electrons. The Hall–Kier alpha value is -2.07. The van der Waals surface area contributed by atoms with E-state index in [0.717, 1.165) is 12.0 Å². The van der Waals surface area contributed by atoms with Crippen molar-refractivity contribution in [1.82, 2.24) is 4.98 Å². The Morgan fingerprint density at radius 1 is 1.11 bits per heavy atom. The molecule has 2 rings (SSSR count). The summed E-state index contributed by atoms with van der Waals surface area (Å²) in [5, 5.41) is 0. The van der Waals surface area contributed by atoms with Crippen LogP contribution in [0.1, 0.15) is 12.5 Å². The molecule has 0 aliphatic rings. The van der Waals surface area contributed by atoms with E-state index >= 15 is 0 Å². The number of benzene rings is 1. The van der Waals surface area contributed by atoms with Crippen LogP contribution in [0.15, 0.2) is 42.6 Å². The maximum Gasteiger partial charge on any atom is 0.222 e. The maximum atomic E-state index is 5.85. The highest BCUT2D eigenvalue weighted by Gasteiger charge is 2.09. The van der Waals surface area contributed by atoms with Gasteiger partial charge in [0.25, 0.3) is 0 Å². The van der Waals surface area contributed by atoms with Gasteiger partial charge in [0.2, 0.25) is 5.88 Å². The molecule has 1 heterocycles. The molecule has 0 atom stereocenters. The molecule has 1 aromatic heterocycles. The Kier molecular flexibility index (Phi) is 4.75. The van der Waals surface area contributed by atoms with Crippen LogP contribution in [-0.4, -0.2) is 18.1 Å². The lowest BCUT2D eigenvalue weighted by molar-refractivity contribution is 0.319. The van der Waals surface area contributed by atoms with Gasteiger partial charge in [-0.05, 0) is 38.1 Å². The average Bonchev–Trinajstić information content (AvgIpc) is 2.44. The first-order chi connectivity index (χ1) is 9.35. The minimum Gasteiger partial charge on any atom is -0.490 e. The highest BCUT2D eigenvalue weighted by molar-refractivity contribution is 5.42. The van der Waals surface area contributed by atoms with Gasteiger partial charge in [0, 0.05) is 11.8 Å². The largest absolute Gasteiger partial charge is 0.490 e. The molecule has 4 heteroatoms. The Balaban J connectivity index is 2.25. The molecule has 0 radical (unpaired) electrons. The number of rotatable bonds is 6. The summed E-state index contributed by atoms with van der Waals surface area (Å²) in [6.45, 7) is 3.10. The quantitative estimate of drug-likeness (QED) is 0.865. The highest BCUT2D eigenvalue weighted by Crippen LogP contribution is 2.31. The zero-order valence-electron chi connectivity index (χ0n) is 11.0. The molecule has 2 aromatic rings. The summed E-state index contributed by atoms with van der Waals surface area (Å²) in [4.78, 5) is 4.26. The molecule has 0 saturated heterocycles. The number of nitrogens with two attached hydrogens (primary N) is 1. The molecule has 0 spiro atoms. The van der Waals surface area contributed by atoms with Crippen LogP contribution in [0.2, 0.25) is 0 Å². The standard InChI is InChI=1S/C15H18N2O2/c1-2-18-13-7-3-4-8-14(13)19-15-12(9-10-16)6-5-11-17-15/h3-8,11H,2,9-10,16H2,1H3. The number of pyridine rings is 1. The van der Waals surface area contributed by atoms with E-state index in [9.17, 15) is 0 Å². The van der Waals surface area contributed by atoms with Crippen LogP contribution in [0, 0.1) is 0 Å². The van der Waals surface area contributed by atoms with Gasteiger partial charge in [0.15, 0.2) is 11.5 Å². The number of hydrogen-bond acceptors (Lipinski definition) is 4. The van der Waals surface area contributed by atoms with Gasteiger partial charge in [-0.2, -0.15) is 0 Å². The van der Waals surface area contributed by atoms with Crippen molar-refractivity contribution in [2.75, 3.05) is 13.2 Å². The summed E-state index contributed by atoms with van der Waals surface area (Å²) in [6, 6.07) is 11.4. The van der Waals surface area contributed by atoms with E-state index < -0.39 is 0 Å². The fourth-order valence-electron chi connectivity index (χ4n) is 1.78. The average molecular weight is 258 g/mol. The van der Waals surface area contributed by atoms with Crippen LogP contribution in [0.3, 0.4) is 0 Å².